The summed E-state index contributed by atoms with van der Waals surface area (Å²) in [6.07, 6.45) is -2.86. The zero-order valence-electron chi connectivity index (χ0n) is 8.11. The van der Waals surface area contributed by atoms with Gasteiger partial charge in [0.15, 0.2) is 0 Å². The molecule has 1 aromatic heterocycles. The summed E-state index contributed by atoms with van der Waals surface area (Å²) in [5, 5.41) is 10.7. The lowest BCUT2D eigenvalue weighted by Gasteiger charge is -2.05. The topological polar surface area (TPSA) is 65.3 Å². The van der Waals surface area contributed by atoms with Gasteiger partial charge in [-0.2, -0.15) is 0 Å². The van der Waals surface area contributed by atoms with Crippen LogP contribution in [0.25, 0.3) is 0 Å². The lowest BCUT2D eigenvalue weighted by Crippen LogP contribution is -2.04. The van der Waals surface area contributed by atoms with Crippen molar-refractivity contribution >= 4 is 21.7 Å². The summed E-state index contributed by atoms with van der Waals surface area (Å²) < 4.78 is 29.8. The van der Waals surface area contributed by atoms with Crippen LogP contribution in [0.5, 0.6) is 5.75 Å². The van der Waals surface area contributed by atoms with E-state index in [1.54, 1.807) is 0 Å². The first-order valence-corrected chi connectivity index (χ1v) is 5.19. The van der Waals surface area contributed by atoms with E-state index >= 15 is 0 Å². The van der Waals surface area contributed by atoms with Crippen LogP contribution < -0.4 is 4.74 Å². The Labute approximate surface area is 97.7 Å². The number of alkyl halides is 3. The minimum Gasteiger partial charge on any atom is -0.489 e. The zero-order chi connectivity index (χ0) is 12.3. The fourth-order valence-corrected chi connectivity index (χ4v) is 1.56. The van der Waals surface area contributed by atoms with Gasteiger partial charge in [0.2, 0.25) is 11.4 Å². The molecule has 0 bridgehead atoms. The maximum Gasteiger partial charge on any atom is 0.406 e. The number of pyridine rings is 1. The van der Waals surface area contributed by atoms with E-state index in [9.17, 15) is 18.9 Å². The van der Waals surface area contributed by atoms with Crippen LogP contribution in [0, 0.1) is 10.1 Å². The van der Waals surface area contributed by atoms with E-state index in [-0.39, 0.29) is 16.6 Å². The summed E-state index contributed by atoms with van der Waals surface area (Å²) in [7, 11) is 1.21. The van der Waals surface area contributed by atoms with Crippen molar-refractivity contribution in [2.75, 3.05) is 7.11 Å². The van der Waals surface area contributed by atoms with Crippen LogP contribution in [0.3, 0.4) is 0 Å². The number of rotatable bonds is 4. The van der Waals surface area contributed by atoms with Crippen molar-refractivity contribution in [1.29, 1.82) is 0 Å². The SMILES string of the molecule is COc1cc(CBr)c(C(F)F)nc1[N+](=O)[O-]. The molecule has 1 aromatic rings. The number of hydrogen-bond acceptors (Lipinski definition) is 4. The minimum absolute atomic E-state index is 0.119. The minimum atomic E-state index is -2.86. The van der Waals surface area contributed by atoms with E-state index in [1.807, 2.05) is 0 Å². The first-order chi connectivity index (χ1) is 7.51. The molecule has 0 amide bonds. The van der Waals surface area contributed by atoms with Crippen molar-refractivity contribution in [2.24, 2.45) is 0 Å². The number of hydrogen-bond donors (Lipinski definition) is 0. The van der Waals surface area contributed by atoms with Crippen molar-refractivity contribution in [3.63, 3.8) is 0 Å². The fraction of sp³-hybridized carbons (Fsp3) is 0.375. The van der Waals surface area contributed by atoms with E-state index in [0.29, 0.717) is 0 Å². The Morgan fingerprint density at radius 2 is 2.31 bits per heavy atom. The average Bonchev–Trinajstić information content (AvgIpc) is 2.26. The van der Waals surface area contributed by atoms with Crippen LogP contribution in [-0.2, 0) is 5.33 Å². The Balaban J connectivity index is 3.40. The van der Waals surface area contributed by atoms with Gasteiger partial charge in [-0.1, -0.05) is 15.9 Å². The van der Waals surface area contributed by atoms with E-state index in [2.05, 4.69) is 20.9 Å². The smallest absolute Gasteiger partial charge is 0.406 e. The Morgan fingerprint density at radius 3 is 2.69 bits per heavy atom. The molecule has 16 heavy (non-hydrogen) atoms. The molecule has 0 aromatic carbocycles. The van der Waals surface area contributed by atoms with Gasteiger partial charge in [-0.15, -0.1) is 0 Å². The molecule has 0 radical (unpaired) electrons. The molecule has 1 rings (SSSR count). The zero-order valence-corrected chi connectivity index (χ0v) is 9.70. The number of ether oxygens (including phenoxy) is 1. The summed E-state index contributed by atoms with van der Waals surface area (Å²) in [6, 6.07) is 1.18. The molecule has 0 saturated heterocycles. The maximum atomic E-state index is 12.5. The number of methoxy groups -OCH3 is 1. The first-order valence-electron chi connectivity index (χ1n) is 4.07. The average molecular weight is 297 g/mol. The predicted octanol–water partition coefficient (Wildman–Crippen LogP) is 2.83. The third kappa shape index (κ3) is 2.43. The molecule has 0 fully saturated rings. The lowest BCUT2D eigenvalue weighted by atomic mass is 10.2. The van der Waals surface area contributed by atoms with Crippen LogP contribution in [0.15, 0.2) is 6.07 Å². The van der Waals surface area contributed by atoms with E-state index in [0.717, 1.165) is 0 Å². The van der Waals surface area contributed by atoms with Crippen molar-refractivity contribution in [1.82, 2.24) is 4.98 Å². The van der Waals surface area contributed by atoms with Gasteiger partial charge in [-0.05, 0) is 16.0 Å². The van der Waals surface area contributed by atoms with Gasteiger partial charge in [0.1, 0.15) is 0 Å². The number of aromatic nitrogens is 1. The summed E-state index contributed by atoms with van der Waals surface area (Å²) >= 11 is 3.00. The quantitative estimate of drug-likeness (QED) is 0.487. The van der Waals surface area contributed by atoms with Gasteiger partial charge in [0.05, 0.1) is 7.11 Å². The molecule has 88 valence electrons. The van der Waals surface area contributed by atoms with E-state index < -0.39 is 22.9 Å². The molecule has 0 aliphatic rings. The van der Waals surface area contributed by atoms with Crippen molar-refractivity contribution < 1.29 is 18.4 Å². The van der Waals surface area contributed by atoms with E-state index in [1.165, 1.54) is 13.2 Å². The Hall–Kier alpha value is -1.31. The molecule has 0 atom stereocenters. The molecule has 0 aliphatic carbocycles. The summed E-state index contributed by atoms with van der Waals surface area (Å²) in [5.41, 5.74) is -0.443. The van der Waals surface area contributed by atoms with Crippen LogP contribution in [0.2, 0.25) is 0 Å². The third-order valence-corrected chi connectivity index (χ3v) is 2.43. The highest BCUT2D eigenvalue weighted by Gasteiger charge is 2.27. The highest BCUT2D eigenvalue weighted by atomic mass is 79.9. The predicted molar refractivity (Wildman–Crippen MR) is 55.0 cm³/mol. The first kappa shape index (κ1) is 12.8. The standard InChI is InChI=1S/C8H7BrF2N2O3/c1-16-5-2-4(3-9)6(7(10)11)12-8(5)13(14)15/h2,7H,3H2,1H3. The Kier molecular flexibility index (Phi) is 4.11. The van der Waals surface area contributed by atoms with Crippen molar-refractivity contribution in [3.05, 3.63) is 27.4 Å². The molecule has 1 heterocycles. The van der Waals surface area contributed by atoms with Crippen LogP contribution in [0.4, 0.5) is 14.6 Å². The molecule has 0 N–H and O–H groups in total. The number of nitrogens with zero attached hydrogens (tertiary/aromatic N) is 2. The lowest BCUT2D eigenvalue weighted by molar-refractivity contribution is -0.390. The van der Waals surface area contributed by atoms with Crippen LogP contribution in [0.1, 0.15) is 17.7 Å². The highest BCUT2D eigenvalue weighted by Crippen LogP contribution is 2.32. The summed E-state index contributed by atoms with van der Waals surface area (Å²) in [5.74, 6) is -0.841. The summed E-state index contributed by atoms with van der Waals surface area (Å²) in [4.78, 5) is 13.0. The van der Waals surface area contributed by atoms with Gasteiger partial charge in [0.25, 0.3) is 0 Å². The molecule has 0 aliphatic heterocycles. The van der Waals surface area contributed by atoms with Crippen molar-refractivity contribution in [3.8, 4) is 5.75 Å². The fourth-order valence-electron chi connectivity index (χ4n) is 1.11. The van der Waals surface area contributed by atoms with Gasteiger partial charge in [-0.3, -0.25) is 0 Å². The van der Waals surface area contributed by atoms with E-state index in [4.69, 9.17) is 4.74 Å². The van der Waals surface area contributed by atoms with Gasteiger partial charge < -0.3 is 14.9 Å². The second-order valence-electron chi connectivity index (χ2n) is 2.75. The molecule has 0 spiro atoms. The number of halogens is 3. The molecule has 0 saturated carbocycles. The van der Waals surface area contributed by atoms with Gasteiger partial charge >= 0.3 is 12.2 Å². The third-order valence-electron chi connectivity index (χ3n) is 1.82. The highest BCUT2D eigenvalue weighted by molar-refractivity contribution is 9.08. The number of nitro groups is 1. The van der Waals surface area contributed by atoms with Gasteiger partial charge in [-0.25, -0.2) is 8.78 Å². The maximum absolute atomic E-state index is 12.5. The Morgan fingerprint density at radius 1 is 1.69 bits per heavy atom. The second kappa shape index (κ2) is 5.15. The Bertz CT molecular complexity index is 415. The summed E-state index contributed by atoms with van der Waals surface area (Å²) in [6.45, 7) is 0. The largest absolute Gasteiger partial charge is 0.489 e. The molecular weight excluding hydrogens is 290 g/mol. The molecule has 8 heteroatoms. The molecule has 5 nitrogen and oxygen atoms in total. The van der Waals surface area contributed by atoms with Crippen LogP contribution in [-0.4, -0.2) is 17.0 Å². The van der Waals surface area contributed by atoms with Crippen LogP contribution >= 0.6 is 15.9 Å². The van der Waals surface area contributed by atoms with Gasteiger partial charge in [0, 0.05) is 10.9 Å². The molecular formula is C8H7BrF2N2O3. The second-order valence-corrected chi connectivity index (χ2v) is 3.31. The monoisotopic (exact) mass is 296 g/mol. The normalized spacial score (nSPS) is 10.6. The van der Waals surface area contributed by atoms with Crippen molar-refractivity contribution in [2.45, 2.75) is 11.8 Å². The molecule has 0 unspecified atom stereocenters.